The molecule has 1 aliphatic carbocycles. The van der Waals surface area contributed by atoms with Crippen molar-refractivity contribution >= 4 is 17.2 Å². The lowest BCUT2D eigenvalue weighted by atomic mass is 10.1. The molecule has 2 aliphatic rings. The van der Waals surface area contributed by atoms with E-state index in [9.17, 15) is 18.0 Å². The van der Waals surface area contributed by atoms with E-state index in [0.717, 1.165) is 19.6 Å². The van der Waals surface area contributed by atoms with Crippen molar-refractivity contribution in [2.45, 2.75) is 33.3 Å². The average Bonchev–Trinajstić information content (AvgIpc) is 3.19. The van der Waals surface area contributed by atoms with Gasteiger partial charge in [-0.25, -0.2) is 4.98 Å². The SMILES string of the molecule is Cc1ccc(CN2CC3C(C2)C3CN(Cc2cccc(OC(F)(F)F)c2)C(=O)c2cscn2)c(C)c1. The Morgan fingerprint density at radius 2 is 1.94 bits per heavy atom. The molecule has 0 bridgehead atoms. The van der Waals surface area contributed by atoms with Gasteiger partial charge in [0, 0.05) is 38.1 Å². The Bertz CT molecular complexity index is 1220. The van der Waals surface area contributed by atoms with Crippen LogP contribution in [0.15, 0.2) is 53.4 Å². The summed E-state index contributed by atoms with van der Waals surface area (Å²) in [5.41, 5.74) is 6.48. The number of halogens is 3. The van der Waals surface area contributed by atoms with E-state index < -0.39 is 6.36 Å². The van der Waals surface area contributed by atoms with E-state index in [1.807, 2.05) is 0 Å². The standard InChI is InChI=1S/C27H28F3N3O2S/c1-17-6-7-20(18(2)8-17)11-32-12-22-23(13-32)24(22)14-33(26(34)25-15-36-16-31-25)10-19-4-3-5-21(9-19)35-27(28,29)30/h3-9,15-16,22-24H,10-14H2,1-2H3. The molecule has 0 N–H and O–H groups in total. The molecule has 2 atom stereocenters. The van der Waals surface area contributed by atoms with Crippen LogP contribution < -0.4 is 4.74 Å². The van der Waals surface area contributed by atoms with Crippen LogP contribution in [0, 0.1) is 31.6 Å². The predicted molar refractivity (Wildman–Crippen MR) is 132 cm³/mol. The molecule has 190 valence electrons. The summed E-state index contributed by atoms with van der Waals surface area (Å²) in [5.74, 6) is 0.960. The largest absolute Gasteiger partial charge is 0.573 e. The second kappa shape index (κ2) is 9.86. The first kappa shape index (κ1) is 24.8. The van der Waals surface area contributed by atoms with Crippen LogP contribution >= 0.6 is 11.3 Å². The maximum atomic E-state index is 13.2. The Labute approximate surface area is 212 Å². The van der Waals surface area contributed by atoms with Gasteiger partial charge in [-0.3, -0.25) is 9.69 Å². The lowest BCUT2D eigenvalue weighted by Crippen LogP contribution is -2.35. The normalized spacial score (nSPS) is 21.3. The number of hydrogen-bond donors (Lipinski definition) is 0. The minimum absolute atomic E-state index is 0.199. The van der Waals surface area contributed by atoms with Crippen LogP contribution in [0.1, 0.15) is 32.7 Å². The van der Waals surface area contributed by atoms with Crippen molar-refractivity contribution in [3.05, 3.63) is 81.3 Å². The number of nitrogens with zero attached hydrogens (tertiary/aromatic N) is 3. The Morgan fingerprint density at radius 1 is 1.17 bits per heavy atom. The Kier molecular flexibility index (Phi) is 6.78. The van der Waals surface area contributed by atoms with E-state index in [1.165, 1.54) is 46.2 Å². The average molecular weight is 516 g/mol. The summed E-state index contributed by atoms with van der Waals surface area (Å²) >= 11 is 1.34. The second-order valence-electron chi connectivity index (χ2n) is 9.87. The maximum absolute atomic E-state index is 13.2. The molecular weight excluding hydrogens is 487 g/mol. The van der Waals surface area contributed by atoms with Crippen molar-refractivity contribution in [2.24, 2.45) is 17.8 Å². The van der Waals surface area contributed by atoms with E-state index in [0.29, 0.717) is 35.6 Å². The Morgan fingerprint density at radius 3 is 2.61 bits per heavy atom. The zero-order valence-corrected chi connectivity index (χ0v) is 21.0. The van der Waals surface area contributed by atoms with Crippen molar-refractivity contribution in [3.63, 3.8) is 0 Å². The quantitative estimate of drug-likeness (QED) is 0.387. The number of aryl methyl sites for hydroxylation is 2. The summed E-state index contributed by atoms with van der Waals surface area (Å²) in [6.07, 6.45) is -4.76. The van der Waals surface area contributed by atoms with Crippen molar-refractivity contribution < 1.29 is 22.7 Å². The number of aromatic nitrogens is 1. The van der Waals surface area contributed by atoms with Crippen LogP contribution in [0.25, 0.3) is 0 Å². The van der Waals surface area contributed by atoms with Gasteiger partial charge in [-0.1, -0.05) is 35.9 Å². The topological polar surface area (TPSA) is 45.7 Å². The van der Waals surface area contributed by atoms with E-state index >= 15 is 0 Å². The van der Waals surface area contributed by atoms with Crippen LogP contribution in [0.3, 0.4) is 0 Å². The number of amides is 1. The van der Waals surface area contributed by atoms with Crippen molar-refractivity contribution in [1.82, 2.24) is 14.8 Å². The van der Waals surface area contributed by atoms with Gasteiger partial charge < -0.3 is 9.64 Å². The van der Waals surface area contributed by atoms with Gasteiger partial charge in [0.05, 0.1) is 5.51 Å². The van der Waals surface area contributed by atoms with Crippen LogP contribution in [0.2, 0.25) is 0 Å². The third-order valence-corrected chi connectivity index (χ3v) is 7.80. The highest BCUT2D eigenvalue weighted by Crippen LogP contribution is 2.52. The number of piperidine rings is 1. The van der Waals surface area contributed by atoms with Crippen LogP contribution in [0.4, 0.5) is 13.2 Å². The number of carbonyl (C=O) groups excluding carboxylic acids is 1. The van der Waals surface area contributed by atoms with E-state index in [4.69, 9.17) is 0 Å². The minimum Gasteiger partial charge on any atom is -0.406 e. The highest BCUT2D eigenvalue weighted by molar-refractivity contribution is 7.07. The number of rotatable bonds is 8. The highest BCUT2D eigenvalue weighted by atomic mass is 32.1. The van der Waals surface area contributed by atoms with Gasteiger partial charge in [-0.2, -0.15) is 0 Å². The van der Waals surface area contributed by atoms with Crippen molar-refractivity contribution in [2.75, 3.05) is 19.6 Å². The smallest absolute Gasteiger partial charge is 0.406 e. The fourth-order valence-electron chi connectivity index (χ4n) is 5.42. The minimum atomic E-state index is -4.76. The molecule has 0 radical (unpaired) electrons. The number of thiazole rings is 1. The first-order valence-corrected chi connectivity index (χ1v) is 12.9. The molecule has 1 aromatic heterocycles. The molecule has 5 nitrogen and oxygen atoms in total. The molecule has 2 heterocycles. The van der Waals surface area contributed by atoms with E-state index in [-0.39, 0.29) is 18.2 Å². The summed E-state index contributed by atoms with van der Waals surface area (Å²) in [6, 6.07) is 12.4. The molecule has 1 saturated heterocycles. The molecule has 5 rings (SSSR count). The molecule has 2 unspecified atom stereocenters. The van der Waals surface area contributed by atoms with Gasteiger partial charge in [0.2, 0.25) is 0 Å². The second-order valence-corrected chi connectivity index (χ2v) is 10.6. The first-order valence-electron chi connectivity index (χ1n) is 12.0. The zero-order chi connectivity index (χ0) is 25.4. The number of likely N-dealkylation sites (tertiary alicyclic amines) is 1. The fraction of sp³-hybridized carbons (Fsp3) is 0.407. The van der Waals surface area contributed by atoms with Crippen LogP contribution in [-0.4, -0.2) is 46.7 Å². The number of fused-ring (bicyclic) bond motifs is 1. The summed E-state index contributed by atoms with van der Waals surface area (Å²) in [4.78, 5) is 21.6. The molecule has 0 spiro atoms. The number of carbonyl (C=O) groups is 1. The van der Waals surface area contributed by atoms with E-state index in [1.54, 1.807) is 21.9 Å². The number of hydrogen-bond acceptors (Lipinski definition) is 5. The van der Waals surface area contributed by atoms with Crippen LogP contribution in [0.5, 0.6) is 5.75 Å². The van der Waals surface area contributed by atoms with Gasteiger partial charge in [0.1, 0.15) is 11.4 Å². The Balaban J connectivity index is 1.24. The predicted octanol–water partition coefficient (Wildman–Crippen LogP) is 5.68. The molecular formula is C27H28F3N3O2S. The third-order valence-electron chi connectivity index (χ3n) is 7.21. The molecule has 3 aromatic rings. The lowest BCUT2D eigenvalue weighted by molar-refractivity contribution is -0.274. The van der Waals surface area contributed by atoms with Gasteiger partial charge in [0.25, 0.3) is 5.91 Å². The van der Waals surface area contributed by atoms with Crippen LogP contribution in [-0.2, 0) is 13.1 Å². The summed E-state index contributed by atoms with van der Waals surface area (Å²) < 4.78 is 42.1. The molecule has 2 aromatic carbocycles. The number of alkyl halides is 3. The molecule has 1 aliphatic heterocycles. The van der Waals surface area contributed by atoms with Gasteiger partial charge in [-0.05, 0) is 60.4 Å². The summed E-state index contributed by atoms with van der Waals surface area (Å²) in [5, 5.41) is 1.71. The Hall–Kier alpha value is -2.91. The van der Waals surface area contributed by atoms with Crippen molar-refractivity contribution in [3.8, 4) is 5.75 Å². The molecule has 36 heavy (non-hydrogen) atoms. The third kappa shape index (κ3) is 5.73. The maximum Gasteiger partial charge on any atom is 0.573 e. The van der Waals surface area contributed by atoms with Gasteiger partial charge in [0.15, 0.2) is 0 Å². The van der Waals surface area contributed by atoms with E-state index in [2.05, 4.69) is 46.7 Å². The summed E-state index contributed by atoms with van der Waals surface area (Å²) in [6.45, 7) is 7.94. The summed E-state index contributed by atoms with van der Waals surface area (Å²) in [7, 11) is 0. The van der Waals surface area contributed by atoms with Gasteiger partial charge in [-0.15, -0.1) is 24.5 Å². The number of benzene rings is 2. The zero-order valence-electron chi connectivity index (χ0n) is 20.2. The molecule has 1 amide bonds. The number of ether oxygens (including phenoxy) is 1. The monoisotopic (exact) mass is 515 g/mol. The first-order chi connectivity index (χ1) is 17.2. The highest BCUT2D eigenvalue weighted by Gasteiger charge is 2.56. The molecule has 2 fully saturated rings. The molecule has 9 heteroatoms. The van der Waals surface area contributed by atoms with Crippen molar-refractivity contribution in [1.29, 1.82) is 0 Å². The lowest BCUT2D eigenvalue weighted by Gasteiger charge is -2.25. The molecule has 1 saturated carbocycles. The fourth-order valence-corrected chi connectivity index (χ4v) is 5.94. The van der Waals surface area contributed by atoms with Gasteiger partial charge >= 0.3 is 6.36 Å².